The molecule has 0 amide bonds. The highest BCUT2D eigenvalue weighted by atomic mass is 32.1. The fraction of sp³-hybridized carbons (Fsp3) is 0.308. The van der Waals surface area contributed by atoms with Crippen molar-refractivity contribution in [2.45, 2.75) is 19.1 Å². The Kier molecular flexibility index (Phi) is 4.72. The van der Waals surface area contributed by atoms with Crippen LogP contribution in [0, 0.1) is 5.82 Å². The molecule has 0 bridgehead atoms. The summed E-state index contributed by atoms with van der Waals surface area (Å²) in [6, 6.07) is 2.72. The van der Waals surface area contributed by atoms with E-state index >= 15 is 0 Å². The predicted molar refractivity (Wildman–Crippen MR) is 68.9 cm³/mol. The van der Waals surface area contributed by atoms with Crippen molar-refractivity contribution in [3.05, 3.63) is 51.7 Å². The number of hydrogen-bond acceptors (Lipinski definition) is 3. The number of benzene rings is 1. The van der Waals surface area contributed by atoms with Crippen molar-refractivity contribution in [2.24, 2.45) is 0 Å². The van der Waals surface area contributed by atoms with Crippen LogP contribution < -0.4 is 5.32 Å². The fourth-order valence-corrected chi connectivity index (χ4v) is 2.38. The summed E-state index contributed by atoms with van der Waals surface area (Å²) in [6.07, 6.45) is -2.21. The average molecular weight is 304 g/mol. The third-order valence-electron chi connectivity index (χ3n) is 2.69. The van der Waals surface area contributed by atoms with Gasteiger partial charge in [0.25, 0.3) is 0 Å². The van der Waals surface area contributed by atoms with Crippen LogP contribution in [0.25, 0.3) is 0 Å². The highest BCUT2D eigenvalue weighted by Gasteiger charge is 2.33. The summed E-state index contributed by atoms with van der Waals surface area (Å²) < 4.78 is 51.2. The topological polar surface area (TPSA) is 24.9 Å². The van der Waals surface area contributed by atoms with Crippen LogP contribution in [-0.4, -0.2) is 11.5 Å². The van der Waals surface area contributed by atoms with E-state index in [1.54, 1.807) is 6.20 Å². The number of thiazole rings is 1. The smallest absolute Gasteiger partial charge is 0.312 e. The van der Waals surface area contributed by atoms with Gasteiger partial charge < -0.3 is 5.32 Å². The molecule has 0 saturated heterocycles. The molecular formula is C13H12F4N2S. The quantitative estimate of drug-likeness (QED) is 0.674. The zero-order valence-corrected chi connectivity index (χ0v) is 11.2. The van der Waals surface area contributed by atoms with Gasteiger partial charge in [0.15, 0.2) is 0 Å². The number of nitrogens with one attached hydrogen (secondary N) is 1. The molecule has 20 heavy (non-hydrogen) atoms. The summed E-state index contributed by atoms with van der Waals surface area (Å²) >= 11 is 1.50. The lowest BCUT2D eigenvalue weighted by atomic mass is 10.1. The van der Waals surface area contributed by atoms with Crippen molar-refractivity contribution in [1.29, 1.82) is 0 Å². The van der Waals surface area contributed by atoms with Crippen molar-refractivity contribution >= 4 is 11.3 Å². The standard InChI is InChI=1S/C13H12F4N2S/c14-10-2-1-9(11(7-10)13(15,16)17)8-18-4-3-12-19-5-6-20-12/h1-2,5-7,18H,3-4,8H2. The molecule has 108 valence electrons. The molecule has 2 nitrogen and oxygen atoms in total. The molecule has 0 spiro atoms. The third kappa shape index (κ3) is 4.01. The van der Waals surface area contributed by atoms with Crippen LogP contribution in [0.5, 0.6) is 0 Å². The number of rotatable bonds is 5. The van der Waals surface area contributed by atoms with E-state index in [0.29, 0.717) is 19.0 Å². The molecule has 0 saturated carbocycles. The minimum absolute atomic E-state index is 0.0399. The Hall–Kier alpha value is -1.47. The van der Waals surface area contributed by atoms with Crippen LogP contribution in [-0.2, 0) is 19.1 Å². The van der Waals surface area contributed by atoms with Gasteiger partial charge in [-0.2, -0.15) is 13.2 Å². The summed E-state index contributed by atoms with van der Waals surface area (Å²) in [7, 11) is 0. The Morgan fingerprint density at radius 3 is 2.70 bits per heavy atom. The third-order valence-corrected chi connectivity index (χ3v) is 3.53. The molecule has 1 aromatic carbocycles. The van der Waals surface area contributed by atoms with E-state index in [9.17, 15) is 17.6 Å². The van der Waals surface area contributed by atoms with Crippen molar-refractivity contribution in [3.63, 3.8) is 0 Å². The van der Waals surface area contributed by atoms with E-state index < -0.39 is 17.6 Å². The van der Waals surface area contributed by atoms with Crippen LogP contribution in [0.3, 0.4) is 0 Å². The van der Waals surface area contributed by atoms with Crippen molar-refractivity contribution < 1.29 is 17.6 Å². The van der Waals surface area contributed by atoms with E-state index in [0.717, 1.165) is 17.1 Å². The van der Waals surface area contributed by atoms with Crippen LogP contribution in [0.4, 0.5) is 17.6 Å². The summed E-state index contributed by atoms with van der Waals surface area (Å²) in [5.41, 5.74) is -0.891. The molecule has 0 fully saturated rings. The lowest BCUT2D eigenvalue weighted by molar-refractivity contribution is -0.138. The van der Waals surface area contributed by atoms with Crippen molar-refractivity contribution in [1.82, 2.24) is 10.3 Å². The minimum Gasteiger partial charge on any atom is -0.312 e. The second-order valence-electron chi connectivity index (χ2n) is 4.15. The summed E-state index contributed by atoms with van der Waals surface area (Å²) in [5, 5.41) is 5.68. The second-order valence-corrected chi connectivity index (χ2v) is 5.13. The van der Waals surface area contributed by atoms with E-state index in [1.807, 2.05) is 5.38 Å². The van der Waals surface area contributed by atoms with E-state index in [1.165, 1.54) is 11.3 Å². The maximum absolute atomic E-state index is 12.9. The first-order chi connectivity index (χ1) is 9.47. The van der Waals surface area contributed by atoms with Gasteiger partial charge in [0.05, 0.1) is 10.6 Å². The molecule has 0 aliphatic heterocycles. The Balaban J connectivity index is 1.95. The highest BCUT2D eigenvalue weighted by molar-refractivity contribution is 7.09. The first-order valence-corrected chi connectivity index (χ1v) is 6.79. The molecule has 0 unspecified atom stereocenters. The maximum Gasteiger partial charge on any atom is 0.416 e. The number of hydrogen-bond donors (Lipinski definition) is 1. The number of nitrogens with zero attached hydrogens (tertiary/aromatic N) is 1. The molecule has 2 rings (SSSR count). The Morgan fingerprint density at radius 1 is 1.25 bits per heavy atom. The second kappa shape index (κ2) is 6.32. The SMILES string of the molecule is Fc1ccc(CNCCc2nccs2)c(C(F)(F)F)c1. The fourth-order valence-electron chi connectivity index (χ4n) is 1.76. The number of halogens is 4. The van der Waals surface area contributed by atoms with Gasteiger partial charge in [0.1, 0.15) is 5.82 Å². The van der Waals surface area contributed by atoms with Gasteiger partial charge in [0, 0.05) is 31.1 Å². The molecule has 2 aromatic rings. The van der Waals surface area contributed by atoms with E-state index in [2.05, 4.69) is 10.3 Å². The van der Waals surface area contributed by atoms with Crippen LogP contribution >= 0.6 is 11.3 Å². The highest BCUT2D eigenvalue weighted by Crippen LogP contribution is 2.32. The van der Waals surface area contributed by atoms with Crippen molar-refractivity contribution in [3.8, 4) is 0 Å². The van der Waals surface area contributed by atoms with E-state index in [4.69, 9.17) is 0 Å². The monoisotopic (exact) mass is 304 g/mol. The zero-order chi connectivity index (χ0) is 14.6. The molecule has 0 radical (unpaired) electrons. The zero-order valence-electron chi connectivity index (χ0n) is 10.4. The molecule has 1 N–H and O–H groups in total. The van der Waals surface area contributed by atoms with Gasteiger partial charge in [-0.05, 0) is 17.7 Å². The lowest BCUT2D eigenvalue weighted by Gasteiger charge is -2.13. The van der Waals surface area contributed by atoms with Gasteiger partial charge >= 0.3 is 6.18 Å². The Morgan fingerprint density at radius 2 is 2.05 bits per heavy atom. The average Bonchev–Trinajstić information content (AvgIpc) is 2.88. The Bertz CT molecular complexity index is 552. The molecule has 0 aliphatic carbocycles. The molecule has 1 heterocycles. The first kappa shape index (κ1) is 14.9. The Labute approximate surface area is 117 Å². The summed E-state index contributed by atoms with van der Waals surface area (Å²) in [6.45, 7) is 0.558. The van der Waals surface area contributed by atoms with Crippen LogP contribution in [0.15, 0.2) is 29.8 Å². The van der Waals surface area contributed by atoms with Gasteiger partial charge in [-0.3, -0.25) is 0 Å². The summed E-state index contributed by atoms with van der Waals surface area (Å²) in [4.78, 5) is 4.08. The number of aromatic nitrogens is 1. The van der Waals surface area contributed by atoms with Crippen LogP contribution in [0.1, 0.15) is 16.1 Å². The van der Waals surface area contributed by atoms with Gasteiger partial charge in [0.2, 0.25) is 0 Å². The normalized spacial score (nSPS) is 11.8. The molecular weight excluding hydrogens is 292 g/mol. The first-order valence-electron chi connectivity index (χ1n) is 5.91. The molecule has 0 atom stereocenters. The molecule has 7 heteroatoms. The van der Waals surface area contributed by atoms with Crippen molar-refractivity contribution in [2.75, 3.05) is 6.54 Å². The van der Waals surface area contributed by atoms with Gasteiger partial charge in [-0.25, -0.2) is 9.37 Å². The maximum atomic E-state index is 12.9. The molecule has 1 aromatic heterocycles. The predicted octanol–water partition coefficient (Wildman–Crippen LogP) is 3.63. The lowest BCUT2D eigenvalue weighted by Crippen LogP contribution is -2.20. The minimum atomic E-state index is -4.55. The van der Waals surface area contributed by atoms with Crippen LogP contribution in [0.2, 0.25) is 0 Å². The largest absolute Gasteiger partial charge is 0.416 e. The van der Waals surface area contributed by atoms with Gasteiger partial charge in [-0.15, -0.1) is 11.3 Å². The summed E-state index contributed by atoms with van der Waals surface area (Å²) in [5.74, 6) is -0.885. The number of alkyl halides is 3. The van der Waals surface area contributed by atoms with E-state index in [-0.39, 0.29) is 12.1 Å². The van der Waals surface area contributed by atoms with Gasteiger partial charge in [-0.1, -0.05) is 6.07 Å². The molecule has 0 aliphatic rings.